The summed E-state index contributed by atoms with van der Waals surface area (Å²) in [5, 5.41) is 10.6. The van der Waals surface area contributed by atoms with Crippen LogP contribution >= 0.6 is 21.2 Å². The van der Waals surface area contributed by atoms with Gasteiger partial charge in [-0.2, -0.15) is 0 Å². The molecule has 2 aromatic rings. The van der Waals surface area contributed by atoms with Crippen molar-refractivity contribution in [3.8, 4) is 0 Å². The molecule has 0 radical (unpaired) electrons. The Hall–Kier alpha value is -1.30. The summed E-state index contributed by atoms with van der Waals surface area (Å²) >= 11 is -1.45. The second-order valence-corrected chi connectivity index (χ2v) is 4.63. The van der Waals surface area contributed by atoms with Crippen LogP contribution < -0.4 is 0 Å². The molecule has 0 aliphatic heterocycles. The molecule has 2 aromatic carbocycles. The van der Waals surface area contributed by atoms with Crippen molar-refractivity contribution in [3.05, 3.63) is 45.5 Å². The lowest BCUT2D eigenvalue weighted by molar-refractivity contribution is 0.0698. The summed E-state index contributed by atoms with van der Waals surface area (Å²) in [4.78, 5) is 11.1. The van der Waals surface area contributed by atoms with Gasteiger partial charge in [0.2, 0.25) is 0 Å². The van der Waals surface area contributed by atoms with Crippen molar-refractivity contribution in [1.82, 2.24) is 0 Å². The molecule has 0 saturated heterocycles. The van der Waals surface area contributed by atoms with E-state index in [2.05, 4.69) is 0 Å². The summed E-state index contributed by atoms with van der Waals surface area (Å²) in [6.45, 7) is 0. The predicted octanol–water partition coefficient (Wildman–Crippen LogP) is 3.02. The number of hydrogen-bond acceptors (Lipinski definition) is 2. The standard InChI is InChI=1S/C11H7IO3/c13-11(14)10-8-4-2-1-3-7(8)5-6-9(10)12-15/h1-6H,(H,13,14). The Kier molecular flexibility index (Phi) is 2.77. The number of aromatic carboxylic acids is 1. The molecule has 0 atom stereocenters. The van der Waals surface area contributed by atoms with Crippen molar-refractivity contribution in [1.29, 1.82) is 0 Å². The lowest BCUT2D eigenvalue weighted by Crippen LogP contribution is -2.00. The van der Waals surface area contributed by atoms with Crippen molar-refractivity contribution in [3.63, 3.8) is 0 Å². The highest BCUT2D eigenvalue weighted by atomic mass is 127. The maximum atomic E-state index is 11.1. The van der Waals surface area contributed by atoms with Gasteiger partial charge in [0.15, 0.2) is 21.2 Å². The molecule has 0 aliphatic carbocycles. The molecule has 76 valence electrons. The average Bonchev–Trinajstić information content (AvgIpc) is 2.27. The highest BCUT2D eigenvalue weighted by molar-refractivity contribution is 14.1. The number of carboxylic acids is 1. The van der Waals surface area contributed by atoms with Crippen LogP contribution in [-0.2, 0) is 3.07 Å². The largest absolute Gasteiger partial charge is 0.478 e. The fraction of sp³-hybridized carbons (Fsp3) is 0. The Morgan fingerprint density at radius 2 is 1.87 bits per heavy atom. The van der Waals surface area contributed by atoms with E-state index in [4.69, 9.17) is 5.11 Å². The number of hydrogen-bond donors (Lipinski definition) is 1. The van der Waals surface area contributed by atoms with Crippen molar-refractivity contribution in [2.45, 2.75) is 0 Å². The third kappa shape index (κ3) is 1.77. The molecule has 0 amide bonds. The molecule has 0 spiro atoms. The molecule has 0 aromatic heterocycles. The van der Waals surface area contributed by atoms with E-state index in [-0.39, 0.29) is 5.56 Å². The SMILES string of the molecule is O=Ic1ccc2ccccc2c1C(=O)O. The molecule has 1 N–H and O–H groups in total. The van der Waals surface area contributed by atoms with E-state index < -0.39 is 27.2 Å². The van der Waals surface area contributed by atoms with Crippen molar-refractivity contribution in [2.75, 3.05) is 0 Å². The minimum Gasteiger partial charge on any atom is -0.478 e. The Morgan fingerprint density at radius 1 is 1.13 bits per heavy atom. The zero-order valence-corrected chi connectivity index (χ0v) is 9.76. The van der Waals surface area contributed by atoms with E-state index in [1.54, 1.807) is 24.3 Å². The molecule has 2 rings (SSSR count). The van der Waals surface area contributed by atoms with E-state index in [0.717, 1.165) is 5.39 Å². The van der Waals surface area contributed by atoms with E-state index in [0.29, 0.717) is 8.96 Å². The van der Waals surface area contributed by atoms with E-state index in [1.165, 1.54) is 0 Å². The third-order valence-corrected chi connectivity index (χ3v) is 3.55. The average molecular weight is 314 g/mol. The van der Waals surface area contributed by atoms with E-state index in [1.807, 2.05) is 12.1 Å². The lowest BCUT2D eigenvalue weighted by Gasteiger charge is -2.03. The smallest absolute Gasteiger partial charge is 0.337 e. The second kappa shape index (κ2) is 4.06. The van der Waals surface area contributed by atoms with Crippen LogP contribution in [0, 0.1) is 3.57 Å². The minimum absolute atomic E-state index is 0.177. The number of carbonyl (C=O) groups is 1. The van der Waals surface area contributed by atoms with Crippen LogP contribution in [0.1, 0.15) is 10.4 Å². The molecule has 15 heavy (non-hydrogen) atoms. The summed E-state index contributed by atoms with van der Waals surface area (Å²) < 4.78 is 11.4. The molecular formula is C11H7IO3. The summed E-state index contributed by atoms with van der Waals surface area (Å²) in [6.07, 6.45) is 0. The van der Waals surface area contributed by atoms with Gasteiger partial charge in [0.1, 0.15) is 0 Å². The minimum atomic E-state index is -1.45. The van der Waals surface area contributed by atoms with Gasteiger partial charge >= 0.3 is 5.97 Å². The van der Waals surface area contributed by atoms with Gasteiger partial charge < -0.3 is 5.11 Å². The van der Waals surface area contributed by atoms with Crippen LogP contribution in [0.2, 0.25) is 0 Å². The van der Waals surface area contributed by atoms with Gasteiger partial charge in [-0.15, -0.1) is 0 Å². The normalized spacial score (nSPS) is 10.4. The van der Waals surface area contributed by atoms with Gasteiger partial charge in [-0.25, -0.2) is 4.79 Å². The van der Waals surface area contributed by atoms with Crippen LogP contribution in [-0.4, -0.2) is 11.1 Å². The van der Waals surface area contributed by atoms with E-state index in [9.17, 15) is 7.86 Å². The molecule has 0 unspecified atom stereocenters. The summed E-state index contributed by atoms with van der Waals surface area (Å²) in [5.41, 5.74) is 0.177. The van der Waals surface area contributed by atoms with E-state index >= 15 is 0 Å². The van der Waals surface area contributed by atoms with Crippen LogP contribution in [0.25, 0.3) is 10.8 Å². The summed E-state index contributed by atoms with van der Waals surface area (Å²) in [5.74, 6) is -1.02. The van der Waals surface area contributed by atoms with Crippen molar-refractivity contribution < 1.29 is 13.0 Å². The second-order valence-electron chi connectivity index (χ2n) is 3.03. The first-order valence-electron chi connectivity index (χ1n) is 4.26. The lowest BCUT2D eigenvalue weighted by atomic mass is 10.1. The Balaban J connectivity index is 2.90. The number of rotatable bonds is 2. The van der Waals surface area contributed by atoms with Gasteiger partial charge in [-0.3, -0.25) is 3.07 Å². The van der Waals surface area contributed by atoms with Crippen LogP contribution in [0.4, 0.5) is 0 Å². The van der Waals surface area contributed by atoms with Crippen LogP contribution in [0.3, 0.4) is 0 Å². The van der Waals surface area contributed by atoms with Gasteiger partial charge in [0.25, 0.3) is 0 Å². The van der Waals surface area contributed by atoms with Crippen LogP contribution in [0.15, 0.2) is 36.4 Å². The highest BCUT2D eigenvalue weighted by Crippen LogP contribution is 2.25. The van der Waals surface area contributed by atoms with Crippen molar-refractivity contribution in [2.24, 2.45) is 0 Å². The zero-order chi connectivity index (χ0) is 10.8. The first-order chi connectivity index (χ1) is 7.24. The van der Waals surface area contributed by atoms with Gasteiger partial charge in [0.05, 0.1) is 9.13 Å². The monoisotopic (exact) mass is 314 g/mol. The molecular weight excluding hydrogens is 307 g/mol. The maximum absolute atomic E-state index is 11.1. The third-order valence-electron chi connectivity index (χ3n) is 2.18. The Bertz CT molecular complexity index is 549. The number of carboxylic acid groups (broad SMARTS) is 1. The zero-order valence-electron chi connectivity index (χ0n) is 7.61. The first kappa shape index (κ1) is 10.2. The number of fused-ring (bicyclic) bond motifs is 1. The summed E-state index contributed by atoms with van der Waals surface area (Å²) in [7, 11) is 0. The highest BCUT2D eigenvalue weighted by Gasteiger charge is 2.13. The topological polar surface area (TPSA) is 54.4 Å². The Labute approximate surface area is 96.4 Å². The Morgan fingerprint density at radius 3 is 2.53 bits per heavy atom. The molecule has 0 bridgehead atoms. The summed E-state index contributed by atoms with van der Waals surface area (Å²) in [6, 6.07) is 10.6. The molecule has 0 aliphatic rings. The van der Waals surface area contributed by atoms with Gasteiger partial charge in [-0.05, 0) is 16.8 Å². The fourth-order valence-corrected chi connectivity index (χ4v) is 2.59. The van der Waals surface area contributed by atoms with Crippen molar-refractivity contribution >= 4 is 37.9 Å². The maximum Gasteiger partial charge on any atom is 0.337 e. The predicted molar refractivity (Wildman–Crippen MR) is 64.3 cm³/mol. The molecule has 0 fully saturated rings. The fourth-order valence-electron chi connectivity index (χ4n) is 1.53. The number of benzene rings is 2. The first-order valence-corrected chi connectivity index (χ1v) is 6.22. The quantitative estimate of drug-likeness (QED) is 0.867. The number of halogens is 1. The van der Waals surface area contributed by atoms with Crippen LogP contribution in [0.5, 0.6) is 0 Å². The molecule has 3 nitrogen and oxygen atoms in total. The molecule has 0 saturated carbocycles. The van der Waals surface area contributed by atoms with Gasteiger partial charge in [0, 0.05) is 0 Å². The molecule has 0 heterocycles. The van der Waals surface area contributed by atoms with Gasteiger partial charge in [-0.1, -0.05) is 30.3 Å². The molecule has 4 heteroatoms.